The van der Waals surface area contributed by atoms with Crippen LogP contribution in [0.25, 0.3) is 0 Å². The summed E-state index contributed by atoms with van der Waals surface area (Å²) >= 11 is 0. The van der Waals surface area contributed by atoms with Gasteiger partial charge in [-0.1, -0.05) is 140 Å². The van der Waals surface area contributed by atoms with Crippen molar-refractivity contribution in [3.63, 3.8) is 0 Å². The van der Waals surface area contributed by atoms with Crippen LogP contribution in [0.4, 0.5) is 0 Å². The van der Waals surface area contributed by atoms with Crippen molar-refractivity contribution in [2.24, 2.45) is 0 Å². The molecule has 2 aliphatic rings. The van der Waals surface area contributed by atoms with E-state index in [0.29, 0.717) is 0 Å². The number of amides is 1. The highest BCUT2D eigenvalue weighted by Gasteiger charge is 2.61. The van der Waals surface area contributed by atoms with Gasteiger partial charge in [-0.05, 0) is 65.2 Å². The number of hydrogen-bond acceptors (Lipinski definition) is 20. The van der Waals surface area contributed by atoms with Crippen LogP contribution in [-0.2, 0) is 86.3 Å². The predicted molar refractivity (Wildman–Crippen MR) is 308 cm³/mol. The number of pyridine rings is 2. The van der Waals surface area contributed by atoms with Crippen LogP contribution in [0.5, 0.6) is 0 Å². The minimum atomic E-state index is -2.74. The summed E-state index contributed by atoms with van der Waals surface area (Å²) in [5.41, 5.74) is 2.13. The third-order valence-corrected chi connectivity index (χ3v) is 14.2. The number of benzene rings is 5. The molecule has 7 aromatic rings. The summed E-state index contributed by atoms with van der Waals surface area (Å²) in [6.07, 6.45) is -11.2. The molecule has 0 spiro atoms. The van der Waals surface area contributed by atoms with Crippen molar-refractivity contribution in [1.29, 1.82) is 0 Å². The Hall–Kier alpha value is -9.06. The third-order valence-electron chi connectivity index (χ3n) is 14.2. The monoisotopic (exact) mass is 1190 g/mol. The number of rotatable bonds is 26. The SMILES string of the molecule is COC(=O)[C@@]1(OC[C@H]2O[C@H](OC)[C@@H](OCc3ccccc3)[C@@H](OCc3ccccc3)[C@@H]2OCc2ccccc2)C[C@H](OC(=O)c2ccccc2)[C@@H](NC(C)=O)[C@H]([C@H](OC(=O)c2ccccn2)[C@@H](COC(=O)c2ccccc2)OC(=O)c2ccccn2)O1. The van der Waals surface area contributed by atoms with Gasteiger partial charge in [-0.15, -0.1) is 0 Å². The first-order chi connectivity index (χ1) is 42.4. The number of hydrogen-bond donors (Lipinski definition) is 1. The fraction of sp³-hybridized carbons (Fsp3) is 0.303. The molecule has 0 unspecified atom stereocenters. The summed E-state index contributed by atoms with van der Waals surface area (Å²) in [6, 6.07) is 51.2. The van der Waals surface area contributed by atoms with Gasteiger partial charge in [0.1, 0.15) is 54.6 Å². The molecular formula is C66H65N3O18. The average Bonchev–Trinajstić information content (AvgIpc) is 1.78. The quantitative estimate of drug-likeness (QED) is 0.0404. The van der Waals surface area contributed by atoms with Crippen molar-refractivity contribution in [2.75, 3.05) is 27.4 Å². The zero-order valence-corrected chi connectivity index (χ0v) is 47.8. The zero-order chi connectivity index (χ0) is 61.0. The molecule has 2 saturated heterocycles. The van der Waals surface area contributed by atoms with Gasteiger partial charge in [-0.2, -0.15) is 0 Å². The molecule has 5 aromatic carbocycles. The molecule has 1 amide bonds. The Bertz CT molecular complexity index is 3320. The van der Waals surface area contributed by atoms with E-state index in [0.717, 1.165) is 30.7 Å². The summed E-state index contributed by atoms with van der Waals surface area (Å²) in [5.74, 6) is -8.74. The molecule has 87 heavy (non-hydrogen) atoms. The first-order valence-electron chi connectivity index (χ1n) is 28.0. The van der Waals surface area contributed by atoms with Gasteiger partial charge in [0.2, 0.25) is 5.91 Å². The summed E-state index contributed by atoms with van der Waals surface area (Å²) in [5, 5.41) is 2.77. The Morgan fingerprint density at radius 3 is 1.55 bits per heavy atom. The molecule has 2 aliphatic heterocycles. The van der Waals surface area contributed by atoms with E-state index in [9.17, 15) is 24.0 Å². The van der Waals surface area contributed by atoms with E-state index in [-0.39, 0.29) is 42.3 Å². The van der Waals surface area contributed by atoms with Gasteiger partial charge in [-0.3, -0.25) is 4.79 Å². The average molecular weight is 1190 g/mol. The van der Waals surface area contributed by atoms with Crippen LogP contribution in [0.2, 0.25) is 0 Å². The Labute approximate surface area is 502 Å². The minimum absolute atomic E-state index is 0.0209. The van der Waals surface area contributed by atoms with Crippen LogP contribution >= 0.6 is 0 Å². The lowest BCUT2D eigenvalue weighted by molar-refractivity contribution is -0.347. The first kappa shape index (κ1) is 62.5. The minimum Gasteiger partial charge on any atom is -0.465 e. The molecule has 9 rings (SSSR count). The van der Waals surface area contributed by atoms with Crippen molar-refractivity contribution in [1.82, 2.24) is 15.3 Å². The van der Waals surface area contributed by atoms with Crippen molar-refractivity contribution in [3.8, 4) is 0 Å². The van der Waals surface area contributed by atoms with Crippen LogP contribution < -0.4 is 5.32 Å². The standard InChI is InChI=1S/C66H65N3O18/c1-43(70)69-54-51(83-61(72)48-31-17-8-18-32-48)37-66(65(75)77-3,87-57(54)56(86-63(74)50-34-20-22-36-68-50)52(84-62(73)49-33-19-21-35-67-49)41-81-60(71)47-29-15-7-16-30-47)82-42-53-55(78-38-44-23-9-4-10-24-44)58(79-39-45-25-11-5-12-26-45)59(64(76-2)85-53)80-40-46-27-13-6-14-28-46/h4-36,51-59,64H,37-42H2,1-3H3,(H,69,70)/t51-,52+,53+,54+,55+,56+,57+,58-,59-,64-,66+/m0/s1. The van der Waals surface area contributed by atoms with Gasteiger partial charge in [0, 0.05) is 26.4 Å². The zero-order valence-electron chi connectivity index (χ0n) is 47.8. The largest absolute Gasteiger partial charge is 0.465 e. The number of methoxy groups -OCH3 is 2. The topological polar surface area (TPSA) is 251 Å². The molecule has 11 atom stereocenters. The molecule has 1 N–H and O–H groups in total. The second kappa shape index (κ2) is 30.8. The van der Waals surface area contributed by atoms with E-state index < -0.39 is 122 Å². The van der Waals surface area contributed by atoms with Crippen molar-refractivity contribution >= 4 is 35.8 Å². The van der Waals surface area contributed by atoms with Crippen LogP contribution in [0, 0.1) is 0 Å². The lowest BCUT2D eigenvalue weighted by Crippen LogP contribution is -2.70. The molecule has 21 heteroatoms. The summed E-state index contributed by atoms with van der Waals surface area (Å²) in [7, 11) is 2.49. The van der Waals surface area contributed by atoms with E-state index in [1.807, 2.05) is 91.0 Å². The molecule has 0 bridgehead atoms. The highest BCUT2D eigenvalue weighted by Crippen LogP contribution is 2.40. The Balaban J connectivity index is 1.16. The van der Waals surface area contributed by atoms with E-state index in [1.54, 1.807) is 48.5 Å². The maximum atomic E-state index is 15.1. The van der Waals surface area contributed by atoms with E-state index in [2.05, 4.69) is 15.3 Å². The molecule has 2 fully saturated rings. The molecule has 0 aliphatic carbocycles. The highest BCUT2D eigenvalue weighted by molar-refractivity contribution is 5.91. The number of nitrogens with zero attached hydrogens (tertiary/aromatic N) is 2. The molecule has 0 saturated carbocycles. The number of carbonyl (C=O) groups excluding carboxylic acids is 6. The van der Waals surface area contributed by atoms with Gasteiger partial charge in [0.25, 0.3) is 5.79 Å². The second-order valence-corrected chi connectivity index (χ2v) is 20.1. The van der Waals surface area contributed by atoms with Crippen LogP contribution in [0.1, 0.15) is 71.7 Å². The number of nitrogens with one attached hydrogen (secondary N) is 1. The van der Waals surface area contributed by atoms with Gasteiger partial charge in [0.05, 0.1) is 57.1 Å². The first-order valence-corrected chi connectivity index (χ1v) is 28.0. The highest BCUT2D eigenvalue weighted by atomic mass is 16.8. The van der Waals surface area contributed by atoms with Crippen LogP contribution in [0.3, 0.4) is 0 Å². The molecule has 4 heterocycles. The fourth-order valence-corrected chi connectivity index (χ4v) is 9.96. The van der Waals surface area contributed by atoms with Crippen molar-refractivity contribution < 1.29 is 85.6 Å². The normalized spacial score (nSPS) is 22.3. The predicted octanol–water partition coefficient (Wildman–Crippen LogP) is 7.62. The maximum Gasteiger partial charge on any atom is 0.366 e. The van der Waals surface area contributed by atoms with Crippen molar-refractivity contribution in [2.45, 2.75) is 100 Å². The van der Waals surface area contributed by atoms with Gasteiger partial charge < -0.3 is 62.2 Å². The smallest absolute Gasteiger partial charge is 0.366 e. The van der Waals surface area contributed by atoms with Gasteiger partial charge in [0.15, 0.2) is 18.5 Å². The molecule has 452 valence electrons. The lowest BCUT2D eigenvalue weighted by atomic mass is 9.87. The Morgan fingerprint density at radius 2 is 1.06 bits per heavy atom. The number of ether oxygens (including phenoxy) is 12. The molecule has 21 nitrogen and oxygen atoms in total. The Kier molecular flexibility index (Phi) is 22.1. The molecule has 2 aromatic heterocycles. The van der Waals surface area contributed by atoms with Crippen LogP contribution in [0.15, 0.2) is 200 Å². The fourth-order valence-electron chi connectivity index (χ4n) is 9.96. The van der Waals surface area contributed by atoms with E-state index in [4.69, 9.17) is 56.8 Å². The van der Waals surface area contributed by atoms with Gasteiger partial charge >= 0.3 is 29.8 Å². The maximum absolute atomic E-state index is 15.1. The van der Waals surface area contributed by atoms with E-state index >= 15 is 4.79 Å². The van der Waals surface area contributed by atoms with E-state index in [1.165, 1.54) is 68.0 Å². The van der Waals surface area contributed by atoms with Crippen molar-refractivity contribution in [3.05, 3.63) is 240 Å². The third kappa shape index (κ3) is 16.7. The molecular weight excluding hydrogens is 1120 g/mol. The van der Waals surface area contributed by atoms with Gasteiger partial charge in [-0.25, -0.2) is 33.9 Å². The Morgan fingerprint density at radius 1 is 0.575 bits per heavy atom. The number of aromatic nitrogens is 2. The lowest BCUT2D eigenvalue weighted by Gasteiger charge is -2.49. The van der Waals surface area contributed by atoms with Crippen LogP contribution in [-0.4, -0.2) is 140 Å². The summed E-state index contributed by atoms with van der Waals surface area (Å²) in [4.78, 5) is 94.2. The summed E-state index contributed by atoms with van der Waals surface area (Å²) in [6.45, 7) is -0.114. The second-order valence-electron chi connectivity index (χ2n) is 20.1. The molecule has 0 radical (unpaired) electrons. The summed E-state index contributed by atoms with van der Waals surface area (Å²) < 4.78 is 77.0. The number of esters is 5. The number of carbonyl (C=O) groups is 6.